The number of aliphatic hydroxyl groups excluding tert-OH is 1. The predicted octanol–water partition coefficient (Wildman–Crippen LogP) is 18.8. The first kappa shape index (κ1) is 84.1. The number of ether oxygens (including phenoxy) is 4. The normalized spacial score (nSPS) is 14.2. The fraction of sp³-hybridized carbons (Fsp3) is 0.940. The van der Waals surface area contributed by atoms with E-state index in [4.69, 9.17) is 37.0 Å². The fourth-order valence-corrected chi connectivity index (χ4v) is 11.6. The van der Waals surface area contributed by atoms with Gasteiger partial charge in [0, 0.05) is 25.7 Å². The van der Waals surface area contributed by atoms with Crippen molar-refractivity contribution in [1.29, 1.82) is 0 Å². The van der Waals surface area contributed by atoms with Gasteiger partial charge in [-0.3, -0.25) is 37.3 Å². The minimum Gasteiger partial charge on any atom is -0.462 e. The second-order valence-corrected chi connectivity index (χ2v) is 28.1. The van der Waals surface area contributed by atoms with Gasteiger partial charge in [0.1, 0.15) is 19.3 Å². The van der Waals surface area contributed by atoms with E-state index in [9.17, 15) is 43.2 Å². The summed E-state index contributed by atoms with van der Waals surface area (Å²) in [6.45, 7) is 9.43. The number of carbonyl (C=O) groups excluding carboxylic acids is 4. The molecule has 0 aliphatic rings. The zero-order valence-corrected chi connectivity index (χ0v) is 57.4. The van der Waals surface area contributed by atoms with Crippen LogP contribution in [-0.2, 0) is 65.4 Å². The van der Waals surface area contributed by atoms with Crippen molar-refractivity contribution < 1.29 is 80.2 Å². The number of hydrogen-bond acceptors (Lipinski definition) is 15. The van der Waals surface area contributed by atoms with E-state index in [1.54, 1.807) is 0 Å². The summed E-state index contributed by atoms with van der Waals surface area (Å²) >= 11 is 0. The minimum absolute atomic E-state index is 0.104. The number of aliphatic hydroxyl groups is 1. The van der Waals surface area contributed by atoms with Crippen LogP contribution in [0.15, 0.2) is 0 Å². The van der Waals surface area contributed by atoms with Crippen molar-refractivity contribution in [2.45, 2.75) is 355 Å². The molecule has 0 saturated carbocycles. The van der Waals surface area contributed by atoms with Crippen molar-refractivity contribution >= 4 is 39.5 Å². The molecule has 5 atom stereocenters. The topological polar surface area (TPSA) is 237 Å². The lowest BCUT2D eigenvalue weighted by Crippen LogP contribution is -2.30. The maximum absolute atomic E-state index is 13.0. The molecule has 0 spiro atoms. The third kappa shape index (κ3) is 60.9. The highest BCUT2D eigenvalue weighted by Gasteiger charge is 2.30. The first-order valence-electron chi connectivity index (χ1n) is 35.0. The van der Waals surface area contributed by atoms with Crippen LogP contribution < -0.4 is 0 Å². The Kier molecular flexibility index (Phi) is 58.0. The van der Waals surface area contributed by atoms with E-state index in [0.29, 0.717) is 31.6 Å². The molecule has 3 N–H and O–H groups in total. The van der Waals surface area contributed by atoms with Crippen LogP contribution in [0.5, 0.6) is 0 Å². The number of phosphoric ester groups is 2. The van der Waals surface area contributed by atoms with Crippen LogP contribution in [0.1, 0.15) is 337 Å². The van der Waals surface area contributed by atoms with E-state index in [0.717, 1.165) is 102 Å². The second kappa shape index (κ2) is 59.4. The summed E-state index contributed by atoms with van der Waals surface area (Å²) < 4.78 is 68.1. The molecule has 0 bridgehead atoms. The summed E-state index contributed by atoms with van der Waals surface area (Å²) in [5.41, 5.74) is 0. The number of phosphoric acid groups is 2. The van der Waals surface area contributed by atoms with E-state index >= 15 is 0 Å². The molecular weight excluding hydrogens is 1140 g/mol. The molecule has 0 heterocycles. The number of unbranched alkanes of at least 4 members (excludes halogenated alkanes) is 36. The monoisotopic (exact) mass is 1270 g/mol. The molecule has 0 aromatic rings. The molecule has 0 saturated heterocycles. The Morgan fingerprint density at radius 1 is 0.314 bits per heavy atom. The highest BCUT2D eigenvalue weighted by molar-refractivity contribution is 7.47. The second-order valence-electron chi connectivity index (χ2n) is 25.2. The van der Waals surface area contributed by atoms with E-state index in [-0.39, 0.29) is 25.7 Å². The summed E-state index contributed by atoms with van der Waals surface area (Å²) in [5, 5.41) is 10.6. The Morgan fingerprint density at radius 3 is 0.791 bits per heavy atom. The van der Waals surface area contributed by atoms with Crippen LogP contribution in [0.4, 0.5) is 0 Å². The molecule has 0 aliphatic heterocycles. The Labute approximate surface area is 524 Å². The van der Waals surface area contributed by atoms with Gasteiger partial charge in [-0.1, -0.05) is 286 Å². The molecule has 0 radical (unpaired) electrons. The molecule has 86 heavy (non-hydrogen) atoms. The van der Waals surface area contributed by atoms with Crippen LogP contribution in [-0.4, -0.2) is 96.7 Å². The lowest BCUT2D eigenvalue weighted by molar-refractivity contribution is -0.161. The summed E-state index contributed by atoms with van der Waals surface area (Å²) in [6, 6.07) is 0. The lowest BCUT2D eigenvalue weighted by atomic mass is 10.0. The van der Waals surface area contributed by atoms with Gasteiger partial charge in [0.25, 0.3) is 0 Å². The van der Waals surface area contributed by atoms with Crippen LogP contribution in [0.25, 0.3) is 0 Å². The smallest absolute Gasteiger partial charge is 0.462 e. The van der Waals surface area contributed by atoms with Gasteiger partial charge in [0.05, 0.1) is 26.4 Å². The van der Waals surface area contributed by atoms with Crippen molar-refractivity contribution in [2.24, 2.45) is 11.8 Å². The Morgan fingerprint density at radius 2 is 0.535 bits per heavy atom. The van der Waals surface area contributed by atoms with E-state index in [1.807, 2.05) is 0 Å². The van der Waals surface area contributed by atoms with Gasteiger partial charge in [0.15, 0.2) is 12.2 Å². The molecule has 0 aliphatic carbocycles. The third-order valence-corrected chi connectivity index (χ3v) is 17.4. The zero-order chi connectivity index (χ0) is 63.6. The van der Waals surface area contributed by atoms with Gasteiger partial charge in [-0.05, 0) is 37.5 Å². The molecular formula is C67H130O17P2. The van der Waals surface area contributed by atoms with Crippen molar-refractivity contribution in [1.82, 2.24) is 0 Å². The third-order valence-electron chi connectivity index (χ3n) is 15.5. The Bertz CT molecular complexity index is 1680. The molecule has 17 nitrogen and oxygen atoms in total. The quantitative estimate of drug-likeness (QED) is 0.0222. The summed E-state index contributed by atoms with van der Waals surface area (Å²) in [7, 11) is -9.89. The van der Waals surface area contributed by atoms with Crippen molar-refractivity contribution in [3.63, 3.8) is 0 Å². The minimum atomic E-state index is -4.95. The molecule has 19 heteroatoms. The Hall–Kier alpha value is -1.94. The molecule has 0 amide bonds. The number of rotatable bonds is 66. The van der Waals surface area contributed by atoms with Crippen LogP contribution in [0, 0.1) is 11.8 Å². The standard InChI is InChI=1S/C67H130O17P2/c1-7-9-11-13-15-17-19-21-23-25-32-39-45-51-66(71)83-62(55-77-64(69)49-43-37-31-24-22-20-18-16-14-12-10-8-2)57-81-85(73,74)79-53-61(68)54-80-86(75,76)82-58-63(56-78-65(70)50-44-38-34-28-30-36-42-48-60(5)6)84-67(72)52-46-40-33-27-26-29-35-41-47-59(3)4/h59-63,68H,7-58H2,1-6H3,(H,73,74)(H,75,76)/t61-,62-,63-/m1/s1. The highest BCUT2D eigenvalue weighted by atomic mass is 31.2. The molecule has 0 rings (SSSR count). The fourth-order valence-electron chi connectivity index (χ4n) is 10.1. The van der Waals surface area contributed by atoms with Crippen LogP contribution in [0.2, 0.25) is 0 Å². The van der Waals surface area contributed by atoms with E-state index in [1.165, 1.54) is 148 Å². The molecule has 0 fully saturated rings. The van der Waals surface area contributed by atoms with Gasteiger partial charge in [-0.2, -0.15) is 0 Å². The number of carbonyl (C=O) groups is 4. The van der Waals surface area contributed by atoms with Crippen molar-refractivity contribution in [2.75, 3.05) is 39.6 Å². The molecule has 2 unspecified atom stereocenters. The lowest BCUT2D eigenvalue weighted by Gasteiger charge is -2.21. The summed E-state index contributed by atoms with van der Waals surface area (Å²) in [4.78, 5) is 72.4. The van der Waals surface area contributed by atoms with E-state index in [2.05, 4.69) is 41.5 Å². The van der Waals surface area contributed by atoms with Gasteiger partial charge < -0.3 is 33.8 Å². The zero-order valence-electron chi connectivity index (χ0n) is 55.6. The maximum atomic E-state index is 13.0. The van der Waals surface area contributed by atoms with Crippen LogP contribution in [0.3, 0.4) is 0 Å². The van der Waals surface area contributed by atoms with Gasteiger partial charge >= 0.3 is 39.5 Å². The summed E-state index contributed by atoms with van der Waals surface area (Å²) in [6.07, 6.45) is 43.1. The Balaban J connectivity index is 5.25. The largest absolute Gasteiger partial charge is 0.472 e. The highest BCUT2D eigenvalue weighted by Crippen LogP contribution is 2.45. The molecule has 510 valence electrons. The average molecular weight is 1270 g/mol. The first-order valence-corrected chi connectivity index (χ1v) is 38.0. The van der Waals surface area contributed by atoms with Gasteiger partial charge in [-0.15, -0.1) is 0 Å². The van der Waals surface area contributed by atoms with Crippen LogP contribution >= 0.6 is 15.6 Å². The summed E-state index contributed by atoms with van der Waals surface area (Å²) in [5.74, 6) is -0.706. The van der Waals surface area contributed by atoms with Crippen molar-refractivity contribution in [3.8, 4) is 0 Å². The average Bonchev–Trinajstić information content (AvgIpc) is 3.60. The maximum Gasteiger partial charge on any atom is 0.472 e. The van der Waals surface area contributed by atoms with Gasteiger partial charge in [-0.25, -0.2) is 9.13 Å². The first-order chi connectivity index (χ1) is 41.4. The predicted molar refractivity (Wildman–Crippen MR) is 345 cm³/mol. The van der Waals surface area contributed by atoms with E-state index < -0.39 is 97.5 Å². The molecule has 0 aromatic carbocycles. The number of hydrogen-bond donors (Lipinski definition) is 3. The van der Waals surface area contributed by atoms with Gasteiger partial charge in [0.2, 0.25) is 0 Å². The van der Waals surface area contributed by atoms with Crippen molar-refractivity contribution in [3.05, 3.63) is 0 Å². The molecule has 0 aromatic heterocycles. The SMILES string of the molecule is CCCCCCCCCCCCCCCC(=O)O[C@H](COC(=O)CCCCCCCCCCCCCC)COP(=O)(O)OC[C@@H](O)COP(=O)(O)OC[C@@H](COC(=O)CCCCCCCCCC(C)C)OC(=O)CCCCCCCCCCC(C)C. The number of esters is 4.